The first-order valence-electron chi connectivity index (χ1n) is 7.02. The molecule has 1 aromatic carbocycles. The van der Waals surface area contributed by atoms with Crippen LogP contribution in [-0.2, 0) is 13.1 Å². The van der Waals surface area contributed by atoms with E-state index in [9.17, 15) is 5.11 Å². The summed E-state index contributed by atoms with van der Waals surface area (Å²) in [4.78, 5) is 2.44. The molecular weight excluding hydrogens is 238 g/mol. The third kappa shape index (κ3) is 2.33. The zero-order valence-corrected chi connectivity index (χ0v) is 11.4. The maximum absolute atomic E-state index is 10.1. The lowest BCUT2D eigenvalue weighted by atomic mass is 10.1. The van der Waals surface area contributed by atoms with Crippen molar-refractivity contribution >= 4 is 10.9 Å². The largest absolute Gasteiger partial charge is 0.507 e. The molecule has 2 aromatic rings. The van der Waals surface area contributed by atoms with Crippen molar-refractivity contribution in [3.63, 3.8) is 0 Å². The van der Waals surface area contributed by atoms with E-state index in [0.717, 1.165) is 50.2 Å². The number of aryl methyl sites for hydroxylation is 1. The summed E-state index contributed by atoms with van der Waals surface area (Å²) in [5.41, 5.74) is 2.37. The highest BCUT2D eigenvalue weighted by atomic mass is 16.3. The fourth-order valence-corrected chi connectivity index (χ4v) is 2.91. The van der Waals surface area contributed by atoms with Gasteiger partial charge in [0, 0.05) is 50.9 Å². The van der Waals surface area contributed by atoms with Gasteiger partial charge in [-0.2, -0.15) is 0 Å². The molecule has 0 saturated carbocycles. The van der Waals surface area contributed by atoms with Crippen molar-refractivity contribution < 1.29 is 5.11 Å². The summed E-state index contributed by atoms with van der Waals surface area (Å²) in [5, 5.41) is 14.5. The molecule has 0 spiro atoms. The van der Waals surface area contributed by atoms with Gasteiger partial charge in [-0.05, 0) is 24.6 Å². The predicted molar refractivity (Wildman–Crippen MR) is 77.4 cm³/mol. The van der Waals surface area contributed by atoms with Gasteiger partial charge in [0.05, 0.1) is 5.52 Å². The molecule has 4 heteroatoms. The highest BCUT2D eigenvalue weighted by Gasteiger charge is 2.16. The van der Waals surface area contributed by atoms with E-state index in [0.29, 0.717) is 5.75 Å². The molecular formula is C15H21N3O. The summed E-state index contributed by atoms with van der Waals surface area (Å²) in [6.45, 7) is 8.25. The van der Waals surface area contributed by atoms with Crippen LogP contribution in [0.25, 0.3) is 10.9 Å². The molecule has 19 heavy (non-hydrogen) atoms. The lowest BCUT2D eigenvalue weighted by Gasteiger charge is -2.26. The number of benzene rings is 1. The zero-order valence-electron chi connectivity index (χ0n) is 11.4. The van der Waals surface area contributed by atoms with Gasteiger partial charge >= 0.3 is 0 Å². The van der Waals surface area contributed by atoms with Gasteiger partial charge in [-0.3, -0.25) is 4.90 Å². The van der Waals surface area contributed by atoms with Crippen LogP contribution < -0.4 is 5.32 Å². The number of hydrogen-bond acceptors (Lipinski definition) is 3. The van der Waals surface area contributed by atoms with Gasteiger partial charge in [0.1, 0.15) is 5.75 Å². The molecule has 1 aromatic heterocycles. The summed E-state index contributed by atoms with van der Waals surface area (Å²) >= 11 is 0. The Morgan fingerprint density at radius 1 is 1.26 bits per heavy atom. The number of nitrogens with zero attached hydrogens (tertiary/aromatic N) is 2. The first-order valence-corrected chi connectivity index (χ1v) is 7.02. The Morgan fingerprint density at radius 3 is 2.79 bits per heavy atom. The number of phenolic OH excluding ortho intramolecular Hbond substituents is 1. The molecule has 0 amide bonds. The van der Waals surface area contributed by atoms with E-state index in [4.69, 9.17) is 0 Å². The SMILES string of the molecule is CCn1cc(CN2CCNCC2)c2c(O)cccc21. The second kappa shape index (κ2) is 5.23. The number of aromatic hydroxyl groups is 1. The van der Waals surface area contributed by atoms with Gasteiger partial charge in [0.15, 0.2) is 0 Å². The van der Waals surface area contributed by atoms with E-state index in [2.05, 4.69) is 34.0 Å². The fraction of sp³-hybridized carbons (Fsp3) is 0.467. The van der Waals surface area contributed by atoms with Crippen molar-refractivity contribution in [2.24, 2.45) is 0 Å². The summed E-state index contributed by atoms with van der Waals surface area (Å²) in [7, 11) is 0. The van der Waals surface area contributed by atoms with Crippen LogP contribution in [-0.4, -0.2) is 40.8 Å². The van der Waals surface area contributed by atoms with Crippen molar-refractivity contribution in [2.75, 3.05) is 26.2 Å². The third-order valence-corrected chi connectivity index (χ3v) is 3.91. The summed E-state index contributed by atoms with van der Waals surface area (Å²) in [5.74, 6) is 0.398. The average molecular weight is 259 g/mol. The van der Waals surface area contributed by atoms with Gasteiger partial charge in [-0.25, -0.2) is 0 Å². The Bertz CT molecular complexity index is 570. The van der Waals surface area contributed by atoms with E-state index in [-0.39, 0.29) is 0 Å². The second-order valence-electron chi connectivity index (χ2n) is 5.14. The number of rotatable bonds is 3. The second-order valence-corrected chi connectivity index (χ2v) is 5.14. The van der Waals surface area contributed by atoms with Gasteiger partial charge in [-0.15, -0.1) is 0 Å². The smallest absolute Gasteiger partial charge is 0.125 e. The highest BCUT2D eigenvalue weighted by Crippen LogP contribution is 2.30. The molecule has 0 aliphatic carbocycles. The van der Waals surface area contributed by atoms with E-state index in [1.54, 1.807) is 6.07 Å². The monoisotopic (exact) mass is 259 g/mol. The van der Waals surface area contributed by atoms with Crippen LogP contribution in [0, 0.1) is 0 Å². The fourth-order valence-electron chi connectivity index (χ4n) is 2.91. The molecule has 0 unspecified atom stereocenters. The Hall–Kier alpha value is -1.52. The summed E-state index contributed by atoms with van der Waals surface area (Å²) in [6, 6.07) is 5.78. The van der Waals surface area contributed by atoms with Gasteiger partial charge in [0.2, 0.25) is 0 Å². The lowest BCUT2D eigenvalue weighted by molar-refractivity contribution is 0.233. The van der Waals surface area contributed by atoms with Crippen LogP contribution >= 0.6 is 0 Å². The van der Waals surface area contributed by atoms with Gasteiger partial charge < -0.3 is 15.0 Å². The minimum Gasteiger partial charge on any atom is -0.507 e. The van der Waals surface area contributed by atoms with E-state index in [1.807, 2.05) is 6.07 Å². The number of piperazine rings is 1. The van der Waals surface area contributed by atoms with E-state index >= 15 is 0 Å². The molecule has 2 heterocycles. The van der Waals surface area contributed by atoms with E-state index in [1.165, 1.54) is 5.56 Å². The van der Waals surface area contributed by atoms with Crippen LogP contribution in [0.15, 0.2) is 24.4 Å². The molecule has 4 nitrogen and oxygen atoms in total. The topological polar surface area (TPSA) is 40.4 Å². The molecule has 3 rings (SSSR count). The number of fused-ring (bicyclic) bond motifs is 1. The summed E-state index contributed by atoms with van der Waals surface area (Å²) < 4.78 is 2.21. The Balaban J connectivity index is 1.98. The van der Waals surface area contributed by atoms with Crippen LogP contribution in [0.1, 0.15) is 12.5 Å². The quantitative estimate of drug-likeness (QED) is 0.882. The zero-order chi connectivity index (χ0) is 13.2. The van der Waals surface area contributed by atoms with Crippen molar-refractivity contribution in [1.29, 1.82) is 0 Å². The lowest BCUT2D eigenvalue weighted by Crippen LogP contribution is -2.42. The van der Waals surface area contributed by atoms with Crippen molar-refractivity contribution in [1.82, 2.24) is 14.8 Å². The Kier molecular flexibility index (Phi) is 3.44. The third-order valence-electron chi connectivity index (χ3n) is 3.91. The number of nitrogens with one attached hydrogen (secondary N) is 1. The van der Waals surface area contributed by atoms with Crippen molar-refractivity contribution in [3.8, 4) is 5.75 Å². The normalized spacial score (nSPS) is 17.1. The molecule has 0 bridgehead atoms. The van der Waals surface area contributed by atoms with E-state index < -0.39 is 0 Å². The molecule has 0 atom stereocenters. The first kappa shape index (κ1) is 12.5. The first-order chi connectivity index (χ1) is 9.29. The van der Waals surface area contributed by atoms with Gasteiger partial charge in [-0.1, -0.05) is 6.07 Å². The maximum atomic E-state index is 10.1. The number of phenols is 1. The van der Waals surface area contributed by atoms with Crippen LogP contribution in [0.2, 0.25) is 0 Å². The molecule has 1 fully saturated rings. The van der Waals surface area contributed by atoms with Gasteiger partial charge in [0.25, 0.3) is 0 Å². The molecule has 1 aliphatic heterocycles. The van der Waals surface area contributed by atoms with Crippen molar-refractivity contribution in [2.45, 2.75) is 20.0 Å². The Morgan fingerprint density at radius 2 is 2.05 bits per heavy atom. The minimum atomic E-state index is 0.398. The van der Waals surface area contributed by atoms with Crippen molar-refractivity contribution in [3.05, 3.63) is 30.0 Å². The molecule has 1 saturated heterocycles. The van der Waals surface area contributed by atoms with Crippen LogP contribution in [0.3, 0.4) is 0 Å². The predicted octanol–water partition coefficient (Wildman–Crippen LogP) is 1.77. The number of hydrogen-bond donors (Lipinski definition) is 2. The molecule has 1 aliphatic rings. The average Bonchev–Trinajstić information content (AvgIpc) is 2.79. The minimum absolute atomic E-state index is 0.398. The van der Waals surface area contributed by atoms with Crippen LogP contribution in [0.5, 0.6) is 5.75 Å². The molecule has 102 valence electrons. The number of aromatic nitrogens is 1. The molecule has 2 N–H and O–H groups in total. The van der Waals surface area contributed by atoms with Crippen LogP contribution in [0.4, 0.5) is 0 Å². The molecule has 0 radical (unpaired) electrons. The Labute approximate surface area is 113 Å². The maximum Gasteiger partial charge on any atom is 0.125 e. The standard InChI is InChI=1S/C15H21N3O/c1-2-18-11-12(10-17-8-6-16-7-9-17)15-13(18)4-3-5-14(15)19/h3-5,11,16,19H,2,6-10H2,1H3. The highest BCUT2D eigenvalue weighted by molar-refractivity contribution is 5.89. The summed E-state index contributed by atoms with van der Waals surface area (Å²) in [6.07, 6.45) is 2.19.